The summed E-state index contributed by atoms with van der Waals surface area (Å²) in [7, 11) is 0. The van der Waals surface area contributed by atoms with Gasteiger partial charge in [-0.15, -0.1) is 0 Å². The minimum Gasteiger partial charge on any atom is -0.267 e. The zero-order valence-electron chi connectivity index (χ0n) is 10.6. The number of pyridine rings is 1. The lowest BCUT2D eigenvalue weighted by Gasteiger charge is -1.94. The van der Waals surface area contributed by atoms with Gasteiger partial charge in [-0.2, -0.15) is 9.98 Å². The van der Waals surface area contributed by atoms with E-state index in [1.54, 1.807) is 0 Å². The topological polar surface area (TPSA) is 46.7 Å². The van der Waals surface area contributed by atoms with Gasteiger partial charge in [0.25, 0.3) is 5.91 Å². The fourth-order valence-corrected chi connectivity index (χ4v) is 2.60. The largest absolute Gasteiger partial charge is 0.279 e. The predicted octanol–water partition coefficient (Wildman–Crippen LogP) is 2.58. The van der Waals surface area contributed by atoms with Crippen LogP contribution < -0.4 is 4.80 Å². The molecule has 100 valence electrons. The summed E-state index contributed by atoms with van der Waals surface area (Å²) in [6, 6.07) is 11.0. The van der Waals surface area contributed by atoms with Crippen molar-refractivity contribution in [3.05, 3.63) is 64.3 Å². The Bertz CT molecular complexity index is 849. The normalized spacial score (nSPS) is 12.0. The lowest BCUT2D eigenvalue weighted by atomic mass is 10.2. The highest BCUT2D eigenvalue weighted by Crippen LogP contribution is 2.07. The smallest absolute Gasteiger partial charge is 0.267 e. The molecule has 0 saturated carbocycles. The molecular formula is C14H10FN3OS. The predicted molar refractivity (Wildman–Crippen MR) is 74.1 cm³/mol. The molecule has 0 aliphatic heterocycles. The third-order valence-corrected chi connectivity index (χ3v) is 3.79. The first-order chi connectivity index (χ1) is 9.63. The molecule has 0 saturated heterocycles. The summed E-state index contributed by atoms with van der Waals surface area (Å²) in [5.41, 5.74) is 2.11. The molecule has 2 heterocycles. The Morgan fingerprint density at radius 1 is 1.25 bits per heavy atom. The Morgan fingerprint density at radius 3 is 2.70 bits per heavy atom. The van der Waals surface area contributed by atoms with E-state index in [9.17, 15) is 9.18 Å². The monoisotopic (exact) mass is 287 g/mol. The number of aryl methyl sites for hydroxylation is 1. The van der Waals surface area contributed by atoms with E-state index in [0.29, 0.717) is 10.4 Å². The number of fused-ring (bicyclic) bond motifs is 1. The average Bonchev–Trinajstić information content (AvgIpc) is 2.83. The van der Waals surface area contributed by atoms with E-state index in [-0.39, 0.29) is 5.82 Å². The molecule has 0 aliphatic carbocycles. The molecule has 1 amide bonds. The summed E-state index contributed by atoms with van der Waals surface area (Å²) in [4.78, 5) is 20.6. The highest BCUT2D eigenvalue weighted by atomic mass is 32.1. The summed E-state index contributed by atoms with van der Waals surface area (Å²) >= 11 is 1.29. The molecule has 2 aromatic heterocycles. The molecule has 0 spiro atoms. The van der Waals surface area contributed by atoms with E-state index < -0.39 is 5.91 Å². The summed E-state index contributed by atoms with van der Waals surface area (Å²) < 4.78 is 14.7. The first kappa shape index (κ1) is 12.7. The van der Waals surface area contributed by atoms with E-state index in [1.807, 2.05) is 28.9 Å². The highest BCUT2D eigenvalue weighted by Gasteiger charge is 2.05. The molecule has 3 aromatic rings. The van der Waals surface area contributed by atoms with Crippen LogP contribution in [0, 0.1) is 12.7 Å². The molecule has 0 atom stereocenters. The van der Waals surface area contributed by atoms with Crippen molar-refractivity contribution < 1.29 is 9.18 Å². The number of hydrogen-bond donors (Lipinski definition) is 0. The van der Waals surface area contributed by atoms with Gasteiger partial charge in [-0.25, -0.2) is 4.39 Å². The van der Waals surface area contributed by atoms with Crippen LogP contribution in [-0.4, -0.2) is 14.7 Å². The van der Waals surface area contributed by atoms with Crippen LogP contribution in [-0.2, 0) is 0 Å². The molecule has 20 heavy (non-hydrogen) atoms. The van der Waals surface area contributed by atoms with Crippen molar-refractivity contribution in [3.8, 4) is 0 Å². The first-order valence-corrected chi connectivity index (χ1v) is 6.71. The van der Waals surface area contributed by atoms with Crippen molar-refractivity contribution in [1.29, 1.82) is 0 Å². The van der Waals surface area contributed by atoms with Gasteiger partial charge in [0.05, 0.1) is 0 Å². The average molecular weight is 287 g/mol. The molecular weight excluding hydrogens is 277 g/mol. The molecule has 0 radical (unpaired) electrons. The van der Waals surface area contributed by atoms with Crippen molar-refractivity contribution in [2.75, 3.05) is 0 Å². The van der Waals surface area contributed by atoms with Crippen molar-refractivity contribution in [2.45, 2.75) is 6.92 Å². The minimum atomic E-state index is -0.428. The van der Waals surface area contributed by atoms with Crippen molar-refractivity contribution >= 4 is 23.1 Å². The number of aromatic nitrogens is 2. The van der Waals surface area contributed by atoms with Crippen molar-refractivity contribution in [1.82, 2.24) is 8.77 Å². The second-order valence-electron chi connectivity index (χ2n) is 4.23. The Kier molecular flexibility index (Phi) is 3.15. The maximum Gasteiger partial charge on any atom is 0.279 e. The van der Waals surface area contributed by atoms with E-state index in [2.05, 4.69) is 9.98 Å². The summed E-state index contributed by atoms with van der Waals surface area (Å²) in [6.45, 7) is 1.96. The van der Waals surface area contributed by atoms with Crippen LogP contribution in [0.3, 0.4) is 0 Å². The summed E-state index contributed by atoms with van der Waals surface area (Å²) in [5.74, 6) is -0.810. The number of benzene rings is 1. The quantitative estimate of drug-likeness (QED) is 0.690. The third-order valence-electron chi connectivity index (χ3n) is 2.78. The Labute approximate surface area is 118 Å². The van der Waals surface area contributed by atoms with Gasteiger partial charge in [0.15, 0.2) is 0 Å². The standard InChI is InChI=1S/C14H10FN3OS/c1-9-3-2-4-12-16-14(20-18(9)12)17-13(19)10-5-7-11(15)8-6-10/h2-8H,1H3. The number of hydrogen-bond acceptors (Lipinski definition) is 3. The molecule has 4 nitrogen and oxygen atoms in total. The number of carbonyl (C=O) groups is 1. The van der Waals surface area contributed by atoms with Gasteiger partial charge < -0.3 is 0 Å². The third kappa shape index (κ3) is 2.37. The Hall–Kier alpha value is -2.34. The maximum atomic E-state index is 12.8. The van der Waals surface area contributed by atoms with Gasteiger partial charge in [0.2, 0.25) is 4.80 Å². The molecule has 6 heteroatoms. The Morgan fingerprint density at radius 2 is 2.00 bits per heavy atom. The van der Waals surface area contributed by atoms with Crippen LogP contribution in [0.1, 0.15) is 16.1 Å². The fraction of sp³-hybridized carbons (Fsp3) is 0.0714. The van der Waals surface area contributed by atoms with Crippen molar-refractivity contribution in [2.24, 2.45) is 4.99 Å². The summed E-state index contributed by atoms with van der Waals surface area (Å²) in [5, 5.41) is 0. The number of halogens is 1. The first-order valence-electron chi connectivity index (χ1n) is 5.94. The van der Waals surface area contributed by atoms with Gasteiger partial charge in [-0.05, 0) is 54.9 Å². The van der Waals surface area contributed by atoms with Crippen LogP contribution in [0.25, 0.3) is 5.65 Å². The number of nitrogens with zero attached hydrogens (tertiary/aromatic N) is 3. The number of amides is 1. The fourth-order valence-electron chi connectivity index (χ4n) is 1.78. The van der Waals surface area contributed by atoms with Gasteiger partial charge in [0, 0.05) is 11.3 Å². The molecule has 0 aliphatic rings. The van der Waals surface area contributed by atoms with Crippen LogP contribution >= 0.6 is 11.5 Å². The maximum absolute atomic E-state index is 12.8. The van der Waals surface area contributed by atoms with E-state index >= 15 is 0 Å². The molecule has 0 bridgehead atoms. The SMILES string of the molecule is Cc1cccc2nc(=NC(=O)c3ccc(F)cc3)sn12. The van der Waals surface area contributed by atoms with Gasteiger partial charge in [0.1, 0.15) is 11.5 Å². The second kappa shape index (κ2) is 4.97. The molecule has 0 unspecified atom stereocenters. The van der Waals surface area contributed by atoms with Crippen LogP contribution in [0.15, 0.2) is 47.5 Å². The van der Waals surface area contributed by atoms with Gasteiger partial charge in [-0.1, -0.05) is 6.07 Å². The number of rotatable bonds is 1. The van der Waals surface area contributed by atoms with Crippen LogP contribution in [0.2, 0.25) is 0 Å². The molecule has 3 rings (SSSR count). The highest BCUT2D eigenvalue weighted by molar-refractivity contribution is 7.03. The molecule has 1 aromatic carbocycles. The molecule has 0 fully saturated rings. The lowest BCUT2D eigenvalue weighted by Crippen LogP contribution is -2.04. The van der Waals surface area contributed by atoms with Crippen LogP contribution in [0.4, 0.5) is 4.39 Å². The van der Waals surface area contributed by atoms with Crippen molar-refractivity contribution in [3.63, 3.8) is 0 Å². The van der Waals surface area contributed by atoms with Gasteiger partial charge in [-0.3, -0.25) is 8.58 Å². The van der Waals surface area contributed by atoms with E-state index in [0.717, 1.165) is 11.3 Å². The van der Waals surface area contributed by atoms with Gasteiger partial charge >= 0.3 is 0 Å². The zero-order valence-corrected chi connectivity index (χ0v) is 11.4. The second-order valence-corrected chi connectivity index (χ2v) is 5.14. The minimum absolute atomic E-state index is 0.340. The van der Waals surface area contributed by atoms with Crippen LogP contribution in [0.5, 0.6) is 0 Å². The van der Waals surface area contributed by atoms with E-state index in [4.69, 9.17) is 0 Å². The zero-order chi connectivity index (χ0) is 14.1. The number of carbonyl (C=O) groups excluding carboxylic acids is 1. The summed E-state index contributed by atoms with van der Waals surface area (Å²) in [6.07, 6.45) is 0. The lowest BCUT2D eigenvalue weighted by molar-refractivity contribution is 0.0998. The Balaban J connectivity index is 2.03. The van der Waals surface area contributed by atoms with E-state index in [1.165, 1.54) is 35.8 Å². The molecule has 0 N–H and O–H groups in total.